The number of morpholine rings is 1. The first-order chi connectivity index (χ1) is 15.1. The molecular formula is C24H20ClN3O3. The van der Waals surface area contributed by atoms with Crippen LogP contribution in [0.3, 0.4) is 0 Å². The summed E-state index contributed by atoms with van der Waals surface area (Å²) < 4.78 is 5.86. The van der Waals surface area contributed by atoms with Gasteiger partial charge in [-0.25, -0.2) is 4.98 Å². The third kappa shape index (κ3) is 5.49. The number of nitrogens with one attached hydrogen (secondary N) is 2. The van der Waals surface area contributed by atoms with Crippen molar-refractivity contribution in [2.45, 2.75) is 19.1 Å². The molecule has 0 bridgehead atoms. The second-order valence-electron chi connectivity index (χ2n) is 7.07. The number of pyridine rings is 1. The number of hydrogen-bond acceptors (Lipinski definition) is 4. The molecule has 2 amide bonds. The van der Waals surface area contributed by atoms with Gasteiger partial charge >= 0.3 is 0 Å². The SMILES string of the molecule is O=C(/C=C/c1cccc(/C=C2\OC3CC=CC=C3NC2=O)c1)NCc1ccc(Cl)nc1. The fraction of sp³-hybridized carbons (Fsp3) is 0.125. The summed E-state index contributed by atoms with van der Waals surface area (Å²) in [7, 11) is 0. The van der Waals surface area contributed by atoms with Crippen molar-refractivity contribution < 1.29 is 14.3 Å². The van der Waals surface area contributed by atoms with Gasteiger partial charge in [-0.15, -0.1) is 0 Å². The van der Waals surface area contributed by atoms with E-state index in [0.29, 0.717) is 18.1 Å². The van der Waals surface area contributed by atoms with Gasteiger partial charge in [0.05, 0.1) is 5.70 Å². The lowest BCUT2D eigenvalue weighted by Crippen LogP contribution is -2.40. The van der Waals surface area contributed by atoms with Gasteiger partial charge < -0.3 is 15.4 Å². The van der Waals surface area contributed by atoms with Crippen LogP contribution >= 0.6 is 11.6 Å². The Kier molecular flexibility index (Phi) is 6.29. The van der Waals surface area contributed by atoms with E-state index in [1.54, 1.807) is 24.4 Å². The number of carbonyl (C=O) groups excluding carboxylic acids is 2. The maximum Gasteiger partial charge on any atom is 0.290 e. The predicted octanol–water partition coefficient (Wildman–Crippen LogP) is 3.76. The molecule has 2 heterocycles. The third-order valence-corrected chi connectivity index (χ3v) is 4.97. The summed E-state index contributed by atoms with van der Waals surface area (Å²) in [6, 6.07) is 11.0. The molecule has 2 aromatic rings. The number of amides is 2. The number of allylic oxidation sites excluding steroid dienone is 2. The molecule has 2 aliphatic rings. The van der Waals surface area contributed by atoms with Crippen molar-refractivity contribution in [3.8, 4) is 0 Å². The molecule has 1 aliphatic carbocycles. The van der Waals surface area contributed by atoms with Crippen molar-refractivity contribution in [2.75, 3.05) is 0 Å². The third-order valence-electron chi connectivity index (χ3n) is 4.75. The average Bonchev–Trinajstić information content (AvgIpc) is 2.78. The van der Waals surface area contributed by atoms with Crippen molar-refractivity contribution in [3.05, 3.63) is 100 Å². The van der Waals surface area contributed by atoms with Crippen LogP contribution < -0.4 is 10.6 Å². The van der Waals surface area contributed by atoms with Crippen LogP contribution in [0.1, 0.15) is 23.1 Å². The Hall–Kier alpha value is -3.64. The molecule has 6 nitrogen and oxygen atoms in total. The van der Waals surface area contributed by atoms with Crippen molar-refractivity contribution >= 4 is 35.6 Å². The van der Waals surface area contributed by atoms with E-state index in [1.807, 2.05) is 48.6 Å². The normalized spacial score (nSPS) is 18.9. The molecule has 1 aliphatic heterocycles. The minimum Gasteiger partial charge on any atom is -0.478 e. The molecule has 0 saturated carbocycles. The molecule has 156 valence electrons. The number of aromatic nitrogens is 1. The first-order valence-corrected chi connectivity index (χ1v) is 10.2. The number of nitrogens with zero attached hydrogens (tertiary/aromatic N) is 1. The van der Waals surface area contributed by atoms with Gasteiger partial charge in [0.15, 0.2) is 5.76 Å². The number of carbonyl (C=O) groups is 2. The van der Waals surface area contributed by atoms with E-state index in [1.165, 1.54) is 6.08 Å². The highest BCUT2D eigenvalue weighted by Crippen LogP contribution is 2.24. The van der Waals surface area contributed by atoms with Crippen LogP contribution in [0.4, 0.5) is 0 Å². The molecule has 4 rings (SSSR count). The lowest BCUT2D eigenvalue weighted by atomic mass is 10.0. The molecule has 1 saturated heterocycles. The second kappa shape index (κ2) is 9.45. The van der Waals surface area contributed by atoms with Gasteiger partial charge in [0.25, 0.3) is 5.91 Å². The van der Waals surface area contributed by atoms with Crippen molar-refractivity contribution in [3.63, 3.8) is 0 Å². The number of fused-ring (bicyclic) bond motifs is 1. The van der Waals surface area contributed by atoms with E-state index in [-0.39, 0.29) is 23.7 Å². The van der Waals surface area contributed by atoms with Crippen LogP contribution in [0.15, 0.2) is 78.4 Å². The standard InChI is InChI=1S/C24H20ClN3O3/c25-22-10-8-18(14-26-22)15-27-23(29)11-9-16-4-3-5-17(12-16)13-21-24(30)28-19-6-1-2-7-20(19)31-21/h1-6,8-14,20H,7,15H2,(H,27,29)(H,28,30)/b11-9+,21-13-. The zero-order chi connectivity index (χ0) is 21.6. The highest BCUT2D eigenvalue weighted by molar-refractivity contribution is 6.29. The molecule has 1 unspecified atom stereocenters. The van der Waals surface area contributed by atoms with Gasteiger partial charge in [-0.05, 0) is 47.1 Å². The van der Waals surface area contributed by atoms with Gasteiger partial charge in [0.2, 0.25) is 5.91 Å². The number of halogens is 1. The molecule has 0 radical (unpaired) electrons. The first-order valence-electron chi connectivity index (χ1n) is 9.80. The summed E-state index contributed by atoms with van der Waals surface area (Å²) in [6.45, 7) is 0.360. The van der Waals surface area contributed by atoms with E-state index >= 15 is 0 Å². The summed E-state index contributed by atoms with van der Waals surface area (Å²) in [5.41, 5.74) is 3.27. The van der Waals surface area contributed by atoms with Crippen LogP contribution in [0.2, 0.25) is 5.15 Å². The Morgan fingerprint density at radius 2 is 2.16 bits per heavy atom. The molecule has 1 fully saturated rings. The Morgan fingerprint density at radius 3 is 3.00 bits per heavy atom. The van der Waals surface area contributed by atoms with E-state index in [0.717, 1.165) is 22.4 Å². The fourth-order valence-electron chi connectivity index (χ4n) is 3.18. The van der Waals surface area contributed by atoms with E-state index in [2.05, 4.69) is 15.6 Å². The monoisotopic (exact) mass is 433 g/mol. The second-order valence-corrected chi connectivity index (χ2v) is 7.45. The smallest absolute Gasteiger partial charge is 0.290 e. The summed E-state index contributed by atoms with van der Waals surface area (Å²) in [6.07, 6.45) is 12.8. The van der Waals surface area contributed by atoms with E-state index in [4.69, 9.17) is 16.3 Å². The number of benzene rings is 1. The molecular weight excluding hydrogens is 414 g/mol. The van der Waals surface area contributed by atoms with Crippen molar-refractivity contribution in [2.24, 2.45) is 0 Å². The minimum atomic E-state index is -0.269. The van der Waals surface area contributed by atoms with Crippen LogP contribution in [0.5, 0.6) is 0 Å². The first kappa shape index (κ1) is 20.6. The van der Waals surface area contributed by atoms with E-state index in [9.17, 15) is 9.59 Å². The topological polar surface area (TPSA) is 80.3 Å². The number of ether oxygens (including phenoxy) is 1. The summed E-state index contributed by atoms with van der Waals surface area (Å²) in [4.78, 5) is 28.4. The van der Waals surface area contributed by atoms with Crippen LogP contribution in [-0.4, -0.2) is 22.9 Å². The number of rotatable bonds is 5. The maximum atomic E-state index is 12.3. The van der Waals surface area contributed by atoms with Crippen molar-refractivity contribution in [1.29, 1.82) is 0 Å². The highest BCUT2D eigenvalue weighted by atomic mass is 35.5. The van der Waals surface area contributed by atoms with Gasteiger partial charge in [0, 0.05) is 25.2 Å². The zero-order valence-corrected chi connectivity index (χ0v) is 17.3. The van der Waals surface area contributed by atoms with Crippen LogP contribution in [-0.2, 0) is 20.9 Å². The molecule has 1 atom stereocenters. The Labute approximate surface area is 185 Å². The predicted molar refractivity (Wildman–Crippen MR) is 119 cm³/mol. The molecule has 1 aromatic heterocycles. The Morgan fingerprint density at radius 1 is 1.29 bits per heavy atom. The molecule has 1 aromatic carbocycles. The molecule has 7 heteroatoms. The summed E-state index contributed by atoms with van der Waals surface area (Å²) in [5.74, 6) is -0.221. The summed E-state index contributed by atoms with van der Waals surface area (Å²) in [5, 5.41) is 6.08. The van der Waals surface area contributed by atoms with Gasteiger partial charge in [-0.1, -0.05) is 48.0 Å². The summed E-state index contributed by atoms with van der Waals surface area (Å²) >= 11 is 5.76. The lowest BCUT2D eigenvalue weighted by Gasteiger charge is -2.29. The number of hydrogen-bond donors (Lipinski definition) is 2. The van der Waals surface area contributed by atoms with Gasteiger partial charge in [-0.2, -0.15) is 0 Å². The largest absolute Gasteiger partial charge is 0.478 e. The molecule has 0 spiro atoms. The highest BCUT2D eigenvalue weighted by Gasteiger charge is 2.28. The fourth-order valence-corrected chi connectivity index (χ4v) is 3.29. The van der Waals surface area contributed by atoms with Gasteiger partial charge in [0.1, 0.15) is 11.3 Å². The Bertz CT molecular complexity index is 1120. The molecule has 2 N–H and O–H groups in total. The van der Waals surface area contributed by atoms with Crippen LogP contribution in [0.25, 0.3) is 12.2 Å². The minimum absolute atomic E-state index is 0.170. The average molecular weight is 434 g/mol. The zero-order valence-electron chi connectivity index (χ0n) is 16.5. The van der Waals surface area contributed by atoms with Gasteiger partial charge in [-0.3, -0.25) is 9.59 Å². The van der Waals surface area contributed by atoms with E-state index < -0.39 is 0 Å². The van der Waals surface area contributed by atoms with Crippen LogP contribution in [0, 0.1) is 0 Å². The quantitative estimate of drug-likeness (QED) is 0.555. The molecule has 31 heavy (non-hydrogen) atoms. The maximum absolute atomic E-state index is 12.3. The lowest BCUT2D eigenvalue weighted by molar-refractivity contribution is -0.123. The Balaban J connectivity index is 1.38. The van der Waals surface area contributed by atoms with Crippen molar-refractivity contribution in [1.82, 2.24) is 15.6 Å².